The molecule has 1 aromatic rings. The van der Waals surface area contributed by atoms with Crippen molar-refractivity contribution in [1.29, 1.82) is 0 Å². The number of likely N-dealkylation sites (tertiary alicyclic amines) is 1. The van der Waals surface area contributed by atoms with Crippen molar-refractivity contribution in [3.63, 3.8) is 0 Å². The molecule has 204 valence electrons. The van der Waals surface area contributed by atoms with Crippen LogP contribution in [0.1, 0.15) is 90.0 Å². The van der Waals surface area contributed by atoms with Gasteiger partial charge in [0.15, 0.2) is 0 Å². The van der Waals surface area contributed by atoms with Crippen LogP contribution < -0.4 is 0 Å². The van der Waals surface area contributed by atoms with E-state index >= 15 is 0 Å². The third-order valence-electron chi connectivity index (χ3n) is 12.5. The van der Waals surface area contributed by atoms with Crippen molar-refractivity contribution in [2.45, 2.75) is 90.5 Å². The zero-order valence-electron chi connectivity index (χ0n) is 23.4. The van der Waals surface area contributed by atoms with Crippen LogP contribution in [0.5, 0.6) is 0 Å². The van der Waals surface area contributed by atoms with Crippen molar-refractivity contribution >= 4 is 11.5 Å². The van der Waals surface area contributed by atoms with E-state index in [4.69, 9.17) is 0 Å². The van der Waals surface area contributed by atoms with Gasteiger partial charge in [0, 0.05) is 25.0 Å². The van der Waals surface area contributed by atoms with Gasteiger partial charge >= 0.3 is 5.97 Å². The lowest BCUT2D eigenvalue weighted by atomic mass is 9.46. The molecule has 8 atom stereocenters. The predicted molar refractivity (Wildman–Crippen MR) is 151 cm³/mol. The SMILES string of the molecule is C[C@]12CC[C@H](C3CC(C(=O)O)CCN3CC3CC3)CC1=CC[C@@H]1[C@@H]2CC[C@]2(C)C(c3cccnc3)=CC[C@@H]12. The van der Waals surface area contributed by atoms with Crippen molar-refractivity contribution in [2.75, 3.05) is 13.1 Å². The Morgan fingerprint density at radius 1 is 1.05 bits per heavy atom. The van der Waals surface area contributed by atoms with E-state index in [1.54, 1.807) is 11.1 Å². The van der Waals surface area contributed by atoms with Crippen LogP contribution in [0, 0.1) is 46.3 Å². The topological polar surface area (TPSA) is 53.4 Å². The normalized spacial score (nSPS) is 42.9. The minimum Gasteiger partial charge on any atom is -0.481 e. The number of carboxylic acids is 1. The number of rotatable bonds is 5. The number of aromatic nitrogens is 1. The van der Waals surface area contributed by atoms with Gasteiger partial charge in [-0.05, 0) is 135 Å². The van der Waals surface area contributed by atoms with Gasteiger partial charge in [-0.3, -0.25) is 14.7 Å². The Morgan fingerprint density at radius 2 is 1.89 bits per heavy atom. The minimum atomic E-state index is -0.567. The van der Waals surface area contributed by atoms with Gasteiger partial charge in [0.1, 0.15) is 0 Å². The van der Waals surface area contributed by atoms with E-state index in [2.05, 4.69) is 54.2 Å². The first-order chi connectivity index (χ1) is 18.4. The molecular formula is C34H46N2O2. The van der Waals surface area contributed by atoms with E-state index in [1.165, 1.54) is 69.9 Å². The Bertz CT molecular complexity index is 1140. The highest BCUT2D eigenvalue weighted by Crippen LogP contribution is 2.66. The number of allylic oxidation sites excluding steroid dienone is 4. The molecule has 6 aliphatic rings. The van der Waals surface area contributed by atoms with E-state index < -0.39 is 5.97 Å². The fourth-order valence-corrected chi connectivity index (χ4v) is 10.2. The molecular weight excluding hydrogens is 468 g/mol. The first-order valence-corrected chi connectivity index (χ1v) is 15.6. The largest absolute Gasteiger partial charge is 0.481 e. The number of piperidine rings is 1. The summed E-state index contributed by atoms with van der Waals surface area (Å²) in [5.74, 6) is 3.11. The zero-order chi connectivity index (χ0) is 26.1. The number of hydrogen-bond acceptors (Lipinski definition) is 3. The van der Waals surface area contributed by atoms with Gasteiger partial charge in [-0.2, -0.15) is 0 Å². The third-order valence-corrected chi connectivity index (χ3v) is 12.5. The molecule has 0 aromatic carbocycles. The van der Waals surface area contributed by atoms with Crippen molar-refractivity contribution < 1.29 is 9.90 Å². The molecule has 1 aromatic heterocycles. The average Bonchev–Trinajstić information content (AvgIpc) is 3.67. The van der Waals surface area contributed by atoms with Crippen LogP contribution in [0.4, 0.5) is 0 Å². The smallest absolute Gasteiger partial charge is 0.306 e. The molecule has 0 bridgehead atoms. The van der Waals surface area contributed by atoms with Crippen LogP contribution in [-0.2, 0) is 4.79 Å². The minimum absolute atomic E-state index is 0.145. The summed E-state index contributed by atoms with van der Waals surface area (Å²) in [6, 6.07) is 4.81. The van der Waals surface area contributed by atoms with E-state index in [0.717, 1.165) is 43.1 Å². The molecule has 4 fully saturated rings. The van der Waals surface area contributed by atoms with Gasteiger partial charge in [0.2, 0.25) is 0 Å². The highest BCUT2D eigenvalue weighted by atomic mass is 16.4. The van der Waals surface area contributed by atoms with E-state index in [-0.39, 0.29) is 11.3 Å². The Balaban J connectivity index is 1.11. The second-order valence-corrected chi connectivity index (χ2v) is 14.4. The van der Waals surface area contributed by atoms with E-state index in [0.29, 0.717) is 17.4 Å². The number of hydrogen-bond donors (Lipinski definition) is 1. The summed E-state index contributed by atoms with van der Waals surface area (Å²) in [7, 11) is 0. The van der Waals surface area contributed by atoms with Crippen molar-refractivity contribution in [3.05, 3.63) is 47.8 Å². The maximum Gasteiger partial charge on any atom is 0.306 e. The highest BCUT2D eigenvalue weighted by molar-refractivity contribution is 5.72. The predicted octanol–water partition coefficient (Wildman–Crippen LogP) is 7.23. The molecule has 1 aliphatic heterocycles. The molecule has 4 nitrogen and oxygen atoms in total. The van der Waals surface area contributed by atoms with Gasteiger partial charge in [0.25, 0.3) is 0 Å². The number of fused-ring (bicyclic) bond motifs is 5. The molecule has 1 saturated heterocycles. The maximum absolute atomic E-state index is 12.0. The average molecular weight is 515 g/mol. The quantitative estimate of drug-likeness (QED) is 0.421. The summed E-state index contributed by atoms with van der Waals surface area (Å²) in [4.78, 5) is 19.1. The molecule has 0 spiro atoms. The molecule has 3 saturated carbocycles. The second kappa shape index (κ2) is 9.32. The number of pyridine rings is 1. The summed E-state index contributed by atoms with van der Waals surface area (Å²) in [5, 5.41) is 9.84. The molecule has 2 heterocycles. The highest BCUT2D eigenvalue weighted by Gasteiger charge is 2.57. The standard InChI is InChI=1S/C34H46N2O2/c1-33-14-11-23(31-19-24(32(37)38)13-17-36(31)21-22-5-6-22)18-26(33)7-8-27-29-10-9-28(25-4-3-16-35-20-25)34(29,2)15-12-30(27)33/h3-4,7,9,16,20,22-24,27,29-31H,5-6,8,10-15,17-19,21H2,1-2H3,(H,37,38)/t23-,24?,27-,29-,30-,31?,33-,34+/m0/s1. The van der Waals surface area contributed by atoms with Crippen LogP contribution in [0.2, 0.25) is 0 Å². The maximum atomic E-state index is 12.0. The van der Waals surface area contributed by atoms with Crippen molar-refractivity contribution in [2.24, 2.45) is 46.3 Å². The summed E-state index contributed by atoms with van der Waals surface area (Å²) < 4.78 is 0. The Labute approximate surface area is 229 Å². The molecule has 38 heavy (non-hydrogen) atoms. The van der Waals surface area contributed by atoms with Gasteiger partial charge in [-0.15, -0.1) is 0 Å². The van der Waals surface area contributed by atoms with E-state index in [9.17, 15) is 9.90 Å². The summed E-state index contributed by atoms with van der Waals surface area (Å²) >= 11 is 0. The molecule has 5 aliphatic carbocycles. The fourth-order valence-electron chi connectivity index (χ4n) is 10.2. The molecule has 0 radical (unpaired) electrons. The molecule has 0 amide bonds. The lowest BCUT2D eigenvalue weighted by Gasteiger charge is -2.59. The number of carbonyl (C=O) groups is 1. The first kappa shape index (κ1) is 25.1. The van der Waals surface area contributed by atoms with Gasteiger partial charge in [-0.25, -0.2) is 0 Å². The summed E-state index contributed by atoms with van der Waals surface area (Å²) in [6.07, 6.45) is 22.5. The monoisotopic (exact) mass is 514 g/mol. The summed E-state index contributed by atoms with van der Waals surface area (Å²) in [5.41, 5.74) is 5.23. The molecule has 1 N–H and O–H groups in total. The van der Waals surface area contributed by atoms with Gasteiger partial charge < -0.3 is 5.11 Å². The van der Waals surface area contributed by atoms with Crippen LogP contribution in [0.3, 0.4) is 0 Å². The van der Waals surface area contributed by atoms with E-state index in [1.807, 2.05) is 6.20 Å². The van der Waals surface area contributed by atoms with Crippen molar-refractivity contribution in [1.82, 2.24) is 9.88 Å². The fraction of sp³-hybridized carbons (Fsp3) is 0.706. The van der Waals surface area contributed by atoms with Gasteiger partial charge in [0.05, 0.1) is 5.92 Å². The third kappa shape index (κ3) is 4.03. The second-order valence-electron chi connectivity index (χ2n) is 14.4. The Morgan fingerprint density at radius 3 is 2.66 bits per heavy atom. The van der Waals surface area contributed by atoms with Crippen molar-refractivity contribution in [3.8, 4) is 0 Å². The number of carboxylic acid groups (broad SMARTS) is 1. The zero-order valence-corrected chi connectivity index (χ0v) is 23.4. The molecule has 2 unspecified atom stereocenters. The van der Waals surface area contributed by atoms with Gasteiger partial charge in [-0.1, -0.05) is 37.6 Å². The number of aliphatic carboxylic acids is 1. The number of nitrogens with zero attached hydrogens (tertiary/aromatic N) is 2. The lowest BCUT2D eigenvalue weighted by Crippen LogP contribution is -2.53. The van der Waals surface area contributed by atoms with Crippen LogP contribution in [-0.4, -0.2) is 40.1 Å². The Hall–Kier alpha value is -1.94. The summed E-state index contributed by atoms with van der Waals surface area (Å²) in [6.45, 7) is 7.36. The van der Waals surface area contributed by atoms with Crippen LogP contribution >= 0.6 is 0 Å². The van der Waals surface area contributed by atoms with Crippen LogP contribution in [0.25, 0.3) is 5.57 Å². The molecule has 4 heteroatoms. The lowest BCUT2D eigenvalue weighted by molar-refractivity contribution is -0.144. The first-order valence-electron chi connectivity index (χ1n) is 15.6. The molecule has 7 rings (SSSR count). The van der Waals surface area contributed by atoms with Crippen LogP contribution in [0.15, 0.2) is 42.3 Å². The Kier molecular flexibility index (Phi) is 6.15.